The quantitative estimate of drug-likeness (QED) is 0.635. The Balaban J connectivity index is 1.44. The van der Waals surface area contributed by atoms with E-state index in [0.717, 1.165) is 21.1 Å². The Bertz CT molecular complexity index is 1020. The van der Waals surface area contributed by atoms with Gasteiger partial charge in [0.15, 0.2) is 5.13 Å². The Labute approximate surface area is 173 Å². The minimum atomic E-state index is -0.447. The average Bonchev–Trinajstić information content (AvgIpc) is 3.21. The number of thiazole rings is 1. The highest BCUT2D eigenvalue weighted by atomic mass is 32.1. The molecule has 1 aliphatic rings. The van der Waals surface area contributed by atoms with Crippen molar-refractivity contribution in [2.45, 2.75) is 13.5 Å². The van der Waals surface area contributed by atoms with Gasteiger partial charge in [-0.25, -0.2) is 9.97 Å². The van der Waals surface area contributed by atoms with E-state index in [4.69, 9.17) is 0 Å². The van der Waals surface area contributed by atoms with Gasteiger partial charge in [-0.05, 0) is 30.2 Å². The van der Waals surface area contributed by atoms with Crippen LogP contribution in [0.3, 0.4) is 0 Å². The lowest BCUT2D eigenvalue weighted by atomic mass is 10.2. The van der Waals surface area contributed by atoms with Crippen LogP contribution in [0, 0.1) is 0 Å². The van der Waals surface area contributed by atoms with Gasteiger partial charge in [-0.3, -0.25) is 9.59 Å². The number of hydrogen-bond acceptors (Lipinski definition) is 6. The molecule has 3 aromatic rings. The third-order valence-corrected chi connectivity index (χ3v) is 5.74. The van der Waals surface area contributed by atoms with E-state index in [1.165, 1.54) is 0 Å². The van der Waals surface area contributed by atoms with Crippen LogP contribution >= 0.6 is 11.3 Å². The largest absolute Gasteiger partial charge is 0.333 e. The topological polar surface area (TPSA) is 78.4 Å². The number of carbonyl (C=O) groups is 2. The first-order chi connectivity index (χ1) is 14.1. The van der Waals surface area contributed by atoms with E-state index < -0.39 is 11.8 Å². The van der Waals surface area contributed by atoms with Crippen molar-refractivity contribution in [1.29, 1.82) is 0 Å². The Morgan fingerprint density at radius 3 is 2.59 bits per heavy atom. The summed E-state index contributed by atoms with van der Waals surface area (Å²) in [7, 11) is 0. The molecule has 1 saturated heterocycles. The first-order valence-corrected chi connectivity index (χ1v) is 10.3. The van der Waals surface area contributed by atoms with Gasteiger partial charge >= 0.3 is 11.8 Å². The van der Waals surface area contributed by atoms with Crippen molar-refractivity contribution in [2.24, 2.45) is 0 Å². The summed E-state index contributed by atoms with van der Waals surface area (Å²) in [6.07, 6.45) is 3.53. The maximum atomic E-state index is 12.3. The minimum Gasteiger partial charge on any atom is -0.333 e. The number of nitrogens with one attached hydrogen (secondary N) is 1. The molecule has 2 amide bonds. The van der Waals surface area contributed by atoms with Crippen LogP contribution in [0.4, 0.5) is 10.9 Å². The third kappa shape index (κ3) is 4.27. The summed E-state index contributed by atoms with van der Waals surface area (Å²) in [6.45, 7) is 3.92. The number of aromatic nitrogens is 2. The predicted octanol–water partition coefficient (Wildman–Crippen LogP) is 3.14. The van der Waals surface area contributed by atoms with Gasteiger partial charge in [-0.1, -0.05) is 41.7 Å². The number of benzene rings is 1. The summed E-state index contributed by atoms with van der Waals surface area (Å²) in [5.41, 5.74) is 2.03. The maximum absolute atomic E-state index is 12.3. The highest BCUT2D eigenvalue weighted by Crippen LogP contribution is 2.30. The Kier molecular flexibility index (Phi) is 5.53. The highest BCUT2D eigenvalue weighted by Gasteiger charge is 2.31. The SMILES string of the molecule is CCN1CCN(Cc2ccnc(Nc3ncc(-c4ccccc4)s3)c2)C(=O)C1=O. The lowest BCUT2D eigenvalue weighted by Crippen LogP contribution is -2.53. The molecule has 0 bridgehead atoms. The zero-order chi connectivity index (χ0) is 20.2. The molecule has 1 aliphatic heterocycles. The molecule has 7 nitrogen and oxygen atoms in total. The summed E-state index contributed by atoms with van der Waals surface area (Å²) in [5.74, 6) is -0.221. The van der Waals surface area contributed by atoms with Crippen LogP contribution in [0.15, 0.2) is 54.9 Å². The smallest absolute Gasteiger partial charge is 0.312 e. The molecule has 0 saturated carbocycles. The van der Waals surface area contributed by atoms with Crippen LogP contribution in [0.25, 0.3) is 10.4 Å². The lowest BCUT2D eigenvalue weighted by molar-refractivity contribution is -0.156. The number of piperazine rings is 1. The maximum Gasteiger partial charge on any atom is 0.312 e. The molecular weight excluding hydrogens is 386 g/mol. The Morgan fingerprint density at radius 1 is 1.03 bits per heavy atom. The molecule has 3 heterocycles. The molecule has 0 radical (unpaired) electrons. The zero-order valence-corrected chi connectivity index (χ0v) is 16.9. The fourth-order valence-corrected chi connectivity index (χ4v) is 4.04. The van der Waals surface area contributed by atoms with Gasteiger partial charge in [0.2, 0.25) is 0 Å². The summed E-state index contributed by atoms with van der Waals surface area (Å²) < 4.78 is 0. The van der Waals surface area contributed by atoms with Gasteiger partial charge in [-0.2, -0.15) is 0 Å². The lowest BCUT2D eigenvalue weighted by Gasteiger charge is -2.33. The number of hydrogen-bond donors (Lipinski definition) is 1. The van der Waals surface area contributed by atoms with Crippen LogP contribution in [0.1, 0.15) is 12.5 Å². The summed E-state index contributed by atoms with van der Waals surface area (Å²) >= 11 is 1.55. The van der Waals surface area contributed by atoms with Crippen LogP contribution < -0.4 is 5.32 Å². The Morgan fingerprint density at radius 2 is 1.79 bits per heavy atom. The van der Waals surface area contributed by atoms with Crippen molar-refractivity contribution in [3.8, 4) is 10.4 Å². The molecule has 1 aromatic carbocycles. The van der Waals surface area contributed by atoms with E-state index in [1.807, 2.05) is 55.6 Å². The van der Waals surface area contributed by atoms with Gasteiger partial charge in [0.25, 0.3) is 0 Å². The second-order valence-electron chi connectivity index (χ2n) is 6.68. The summed E-state index contributed by atoms with van der Waals surface area (Å²) in [4.78, 5) is 37.4. The van der Waals surface area contributed by atoms with Gasteiger partial charge in [0.1, 0.15) is 5.82 Å². The number of nitrogens with zero attached hydrogens (tertiary/aromatic N) is 4. The van der Waals surface area contributed by atoms with Gasteiger partial charge in [-0.15, -0.1) is 0 Å². The van der Waals surface area contributed by atoms with Crippen LogP contribution in [-0.4, -0.2) is 51.2 Å². The standard InChI is InChI=1S/C21H21N5O2S/c1-2-25-10-11-26(20(28)19(25)27)14-15-8-9-22-18(12-15)24-21-23-13-17(29-21)16-6-4-3-5-7-16/h3-9,12-13H,2,10-11,14H2,1H3,(H,22,23,24). The first-order valence-electron chi connectivity index (χ1n) is 9.45. The number of carbonyl (C=O) groups excluding carboxylic acids is 2. The molecule has 0 spiro atoms. The molecule has 0 atom stereocenters. The number of anilines is 2. The van der Waals surface area contributed by atoms with E-state index in [1.54, 1.807) is 27.3 Å². The van der Waals surface area contributed by atoms with Gasteiger partial charge < -0.3 is 15.1 Å². The summed E-state index contributed by atoms with van der Waals surface area (Å²) in [5, 5.41) is 3.97. The highest BCUT2D eigenvalue weighted by molar-refractivity contribution is 7.18. The van der Waals surface area contributed by atoms with E-state index in [2.05, 4.69) is 15.3 Å². The monoisotopic (exact) mass is 407 g/mol. The number of amides is 2. The third-order valence-electron chi connectivity index (χ3n) is 4.78. The molecule has 1 N–H and O–H groups in total. The second kappa shape index (κ2) is 8.40. The van der Waals surface area contributed by atoms with Crippen LogP contribution in [0.5, 0.6) is 0 Å². The normalized spacial score (nSPS) is 14.4. The van der Waals surface area contributed by atoms with Gasteiger partial charge in [0.05, 0.1) is 4.88 Å². The first kappa shape index (κ1) is 19.1. The number of likely N-dealkylation sites (N-methyl/N-ethyl adjacent to an activating group) is 1. The molecule has 148 valence electrons. The number of pyridine rings is 1. The molecule has 4 rings (SSSR count). The van der Waals surface area contributed by atoms with E-state index in [9.17, 15) is 9.59 Å². The fourth-order valence-electron chi connectivity index (χ4n) is 3.21. The van der Waals surface area contributed by atoms with Crippen LogP contribution in [-0.2, 0) is 16.1 Å². The van der Waals surface area contributed by atoms with Crippen molar-refractivity contribution in [2.75, 3.05) is 25.0 Å². The van der Waals surface area contributed by atoms with Crippen molar-refractivity contribution in [3.63, 3.8) is 0 Å². The molecular formula is C21H21N5O2S. The number of rotatable bonds is 6. The van der Waals surface area contributed by atoms with Crippen LogP contribution in [0.2, 0.25) is 0 Å². The van der Waals surface area contributed by atoms with Crippen molar-refractivity contribution >= 4 is 34.1 Å². The molecule has 29 heavy (non-hydrogen) atoms. The van der Waals surface area contributed by atoms with E-state index >= 15 is 0 Å². The zero-order valence-electron chi connectivity index (χ0n) is 16.0. The average molecular weight is 407 g/mol. The summed E-state index contributed by atoms with van der Waals surface area (Å²) in [6, 6.07) is 13.8. The second-order valence-corrected chi connectivity index (χ2v) is 7.71. The van der Waals surface area contributed by atoms with E-state index in [-0.39, 0.29) is 0 Å². The predicted molar refractivity (Wildman–Crippen MR) is 113 cm³/mol. The van der Waals surface area contributed by atoms with Crippen molar-refractivity contribution < 1.29 is 9.59 Å². The Hall–Kier alpha value is -3.26. The van der Waals surface area contributed by atoms with Crippen molar-refractivity contribution in [3.05, 3.63) is 60.4 Å². The van der Waals surface area contributed by atoms with E-state index in [0.29, 0.717) is 32.0 Å². The molecule has 2 aromatic heterocycles. The molecule has 0 unspecified atom stereocenters. The van der Waals surface area contributed by atoms with Crippen molar-refractivity contribution in [1.82, 2.24) is 19.8 Å². The minimum absolute atomic E-state index is 0.381. The molecule has 8 heteroatoms. The molecule has 0 aliphatic carbocycles. The fraction of sp³-hybridized carbons (Fsp3) is 0.238. The molecule has 1 fully saturated rings. The van der Waals surface area contributed by atoms with Gasteiger partial charge in [0, 0.05) is 38.6 Å².